The highest BCUT2D eigenvalue weighted by Crippen LogP contribution is 2.33. The third-order valence-electron chi connectivity index (χ3n) is 3.60. The van der Waals surface area contributed by atoms with Crippen LogP contribution in [0.2, 0.25) is 0 Å². The summed E-state index contributed by atoms with van der Waals surface area (Å²) in [5.41, 5.74) is 4.30. The van der Waals surface area contributed by atoms with Gasteiger partial charge in [0.15, 0.2) is 0 Å². The first-order valence-corrected chi connectivity index (χ1v) is 8.72. The van der Waals surface area contributed by atoms with Crippen molar-refractivity contribution in [1.29, 1.82) is 0 Å². The number of para-hydroxylation sites is 1. The van der Waals surface area contributed by atoms with Crippen LogP contribution in [0.5, 0.6) is 0 Å². The number of rotatable bonds is 2. The molecule has 1 N–H and O–H groups in total. The lowest BCUT2D eigenvalue weighted by atomic mass is 10.1. The van der Waals surface area contributed by atoms with Gasteiger partial charge in [0.2, 0.25) is 0 Å². The predicted octanol–water partition coefficient (Wildman–Crippen LogP) is 5.07. The van der Waals surface area contributed by atoms with Gasteiger partial charge < -0.3 is 5.32 Å². The zero-order chi connectivity index (χ0) is 15.8. The number of aromatic nitrogens is 1. The van der Waals surface area contributed by atoms with Gasteiger partial charge in [0.05, 0.1) is 11.3 Å². The van der Waals surface area contributed by atoms with Gasteiger partial charge in [-0.25, -0.2) is 4.98 Å². The molecule has 0 atom stereocenters. The third kappa shape index (κ3) is 2.73. The van der Waals surface area contributed by atoms with Crippen LogP contribution in [0.4, 0.5) is 5.69 Å². The fourth-order valence-corrected chi connectivity index (χ4v) is 3.71. The fourth-order valence-electron chi connectivity index (χ4n) is 2.54. The molecule has 0 radical (unpaired) electrons. The number of halogens is 1. The summed E-state index contributed by atoms with van der Waals surface area (Å²) in [4.78, 5) is 16.8. The lowest BCUT2D eigenvalue weighted by Gasteiger charge is -1.97. The van der Waals surface area contributed by atoms with Crippen molar-refractivity contribution in [1.82, 2.24) is 4.98 Å². The molecule has 2 heterocycles. The van der Waals surface area contributed by atoms with Crippen molar-refractivity contribution in [2.24, 2.45) is 0 Å². The summed E-state index contributed by atoms with van der Waals surface area (Å²) < 4.78 is 1.02. The zero-order valence-corrected chi connectivity index (χ0v) is 14.3. The molecule has 1 aromatic heterocycles. The van der Waals surface area contributed by atoms with E-state index in [1.54, 1.807) is 11.3 Å². The Morgan fingerprint density at radius 1 is 1.13 bits per heavy atom. The van der Waals surface area contributed by atoms with Crippen molar-refractivity contribution in [3.8, 4) is 10.6 Å². The molecule has 1 aliphatic heterocycles. The van der Waals surface area contributed by atoms with Crippen molar-refractivity contribution >= 4 is 50.5 Å². The van der Waals surface area contributed by atoms with E-state index in [-0.39, 0.29) is 5.91 Å². The first-order valence-electron chi connectivity index (χ1n) is 7.04. The van der Waals surface area contributed by atoms with Crippen molar-refractivity contribution in [3.63, 3.8) is 0 Å². The van der Waals surface area contributed by atoms with Crippen LogP contribution in [0.1, 0.15) is 11.3 Å². The molecule has 3 aromatic rings. The van der Waals surface area contributed by atoms with Crippen LogP contribution in [-0.2, 0) is 4.79 Å². The van der Waals surface area contributed by atoms with E-state index in [0.29, 0.717) is 5.57 Å². The molecular formula is C18H11BrN2OS. The Morgan fingerprint density at radius 3 is 2.87 bits per heavy atom. The molecule has 1 amide bonds. The number of amides is 1. The van der Waals surface area contributed by atoms with E-state index < -0.39 is 0 Å². The van der Waals surface area contributed by atoms with Gasteiger partial charge in [-0.05, 0) is 24.3 Å². The molecule has 3 nitrogen and oxygen atoms in total. The van der Waals surface area contributed by atoms with Gasteiger partial charge in [-0.1, -0.05) is 46.3 Å². The Bertz CT molecular complexity index is 945. The molecule has 4 rings (SSSR count). The highest BCUT2D eigenvalue weighted by atomic mass is 79.9. The molecule has 2 aromatic carbocycles. The smallest absolute Gasteiger partial charge is 0.256 e. The van der Waals surface area contributed by atoms with Crippen molar-refractivity contribution in [3.05, 3.63) is 69.6 Å². The Kier molecular flexibility index (Phi) is 3.59. The number of nitrogens with zero attached hydrogens (tertiary/aromatic N) is 1. The molecule has 1 aliphatic rings. The maximum atomic E-state index is 12.1. The minimum atomic E-state index is -0.0804. The number of carbonyl (C=O) groups is 1. The highest BCUT2D eigenvalue weighted by Gasteiger charge is 2.23. The van der Waals surface area contributed by atoms with E-state index in [1.807, 2.05) is 60.0 Å². The van der Waals surface area contributed by atoms with Crippen LogP contribution in [0, 0.1) is 0 Å². The number of fused-ring (bicyclic) bond motifs is 1. The summed E-state index contributed by atoms with van der Waals surface area (Å²) in [6.07, 6.45) is 1.85. The summed E-state index contributed by atoms with van der Waals surface area (Å²) >= 11 is 5.04. The Hall–Kier alpha value is -2.24. The summed E-state index contributed by atoms with van der Waals surface area (Å²) in [6, 6.07) is 15.7. The topological polar surface area (TPSA) is 42.0 Å². The first-order chi connectivity index (χ1) is 11.2. The molecule has 0 saturated carbocycles. The van der Waals surface area contributed by atoms with Gasteiger partial charge in [-0.15, -0.1) is 11.3 Å². The van der Waals surface area contributed by atoms with E-state index in [4.69, 9.17) is 0 Å². The number of nitrogens with one attached hydrogen (secondary N) is 1. The fraction of sp³-hybridized carbons (Fsp3) is 0. The quantitative estimate of drug-likeness (QED) is 0.628. The molecule has 0 saturated heterocycles. The highest BCUT2D eigenvalue weighted by molar-refractivity contribution is 9.10. The number of hydrogen-bond donors (Lipinski definition) is 1. The Labute approximate surface area is 145 Å². The number of hydrogen-bond acceptors (Lipinski definition) is 3. The molecule has 0 fully saturated rings. The van der Waals surface area contributed by atoms with Gasteiger partial charge in [-0.3, -0.25) is 4.79 Å². The molecule has 112 valence electrons. The SMILES string of the molecule is O=C1Nc2ccccc2C1=Cc1csc(-c2cccc(Br)c2)n1. The van der Waals surface area contributed by atoms with E-state index in [9.17, 15) is 4.79 Å². The second-order valence-electron chi connectivity index (χ2n) is 5.15. The normalized spacial score (nSPS) is 14.8. The minimum absolute atomic E-state index is 0.0804. The Balaban J connectivity index is 1.72. The van der Waals surface area contributed by atoms with Crippen LogP contribution in [-0.4, -0.2) is 10.9 Å². The average Bonchev–Trinajstić information content (AvgIpc) is 3.13. The first kappa shape index (κ1) is 14.4. The number of benzene rings is 2. The average molecular weight is 383 g/mol. The van der Waals surface area contributed by atoms with Gasteiger partial charge in [0.25, 0.3) is 5.91 Å². The maximum absolute atomic E-state index is 12.1. The van der Waals surface area contributed by atoms with E-state index in [0.717, 1.165) is 32.0 Å². The lowest BCUT2D eigenvalue weighted by Crippen LogP contribution is -2.03. The molecule has 0 aliphatic carbocycles. The second-order valence-corrected chi connectivity index (χ2v) is 6.92. The predicted molar refractivity (Wildman–Crippen MR) is 98.2 cm³/mol. The van der Waals surface area contributed by atoms with Gasteiger partial charge in [0, 0.05) is 26.7 Å². The van der Waals surface area contributed by atoms with Crippen LogP contribution >= 0.6 is 27.3 Å². The van der Waals surface area contributed by atoms with E-state index in [2.05, 4.69) is 26.2 Å². The van der Waals surface area contributed by atoms with Gasteiger partial charge in [-0.2, -0.15) is 0 Å². The van der Waals surface area contributed by atoms with Gasteiger partial charge >= 0.3 is 0 Å². The lowest BCUT2D eigenvalue weighted by molar-refractivity contribution is -0.110. The van der Waals surface area contributed by atoms with Crippen LogP contribution in [0.25, 0.3) is 22.2 Å². The van der Waals surface area contributed by atoms with Crippen LogP contribution in [0.15, 0.2) is 58.4 Å². The molecule has 0 bridgehead atoms. The Morgan fingerprint density at radius 2 is 2.00 bits per heavy atom. The number of thiazole rings is 1. The third-order valence-corrected chi connectivity index (χ3v) is 5.00. The second kappa shape index (κ2) is 5.76. The van der Waals surface area contributed by atoms with E-state index >= 15 is 0 Å². The summed E-state index contributed by atoms with van der Waals surface area (Å²) in [7, 11) is 0. The number of carbonyl (C=O) groups excluding carboxylic acids is 1. The number of anilines is 1. The maximum Gasteiger partial charge on any atom is 0.256 e. The van der Waals surface area contributed by atoms with Crippen molar-refractivity contribution in [2.75, 3.05) is 5.32 Å². The molecule has 23 heavy (non-hydrogen) atoms. The zero-order valence-electron chi connectivity index (χ0n) is 11.9. The largest absolute Gasteiger partial charge is 0.321 e. The monoisotopic (exact) mass is 382 g/mol. The van der Waals surface area contributed by atoms with Crippen molar-refractivity contribution < 1.29 is 4.79 Å². The van der Waals surface area contributed by atoms with Gasteiger partial charge in [0.1, 0.15) is 5.01 Å². The van der Waals surface area contributed by atoms with Crippen LogP contribution < -0.4 is 5.32 Å². The summed E-state index contributed by atoms with van der Waals surface area (Å²) in [5.74, 6) is -0.0804. The van der Waals surface area contributed by atoms with Crippen LogP contribution in [0.3, 0.4) is 0 Å². The standard InChI is InChI=1S/C18H11BrN2OS/c19-12-5-3-4-11(8-12)18-20-13(10-23-18)9-15-14-6-1-2-7-16(14)21-17(15)22/h1-10H,(H,21,22). The molecule has 5 heteroatoms. The minimum Gasteiger partial charge on any atom is -0.321 e. The van der Waals surface area contributed by atoms with E-state index in [1.165, 1.54) is 0 Å². The molecule has 0 spiro atoms. The molecular weight excluding hydrogens is 372 g/mol. The summed E-state index contributed by atoms with van der Waals surface area (Å²) in [5, 5.41) is 5.78. The molecule has 0 unspecified atom stereocenters. The summed E-state index contributed by atoms with van der Waals surface area (Å²) in [6.45, 7) is 0. The van der Waals surface area contributed by atoms with Crippen molar-refractivity contribution in [2.45, 2.75) is 0 Å².